The summed E-state index contributed by atoms with van der Waals surface area (Å²) in [5.74, 6) is -1.17. The third-order valence-corrected chi connectivity index (χ3v) is 8.57. The van der Waals surface area contributed by atoms with Crippen molar-refractivity contribution in [1.29, 1.82) is 0 Å². The Kier molecular flexibility index (Phi) is 11.0. The largest absolute Gasteiger partial charge is 0.417 e. The highest BCUT2D eigenvalue weighted by Crippen LogP contribution is 2.38. The van der Waals surface area contributed by atoms with Crippen molar-refractivity contribution in [3.63, 3.8) is 0 Å². The van der Waals surface area contributed by atoms with Gasteiger partial charge in [-0.3, -0.25) is 13.9 Å². The van der Waals surface area contributed by atoms with Crippen LogP contribution in [0.3, 0.4) is 0 Å². The van der Waals surface area contributed by atoms with Gasteiger partial charge in [0.2, 0.25) is 11.8 Å². The van der Waals surface area contributed by atoms with Crippen LogP contribution < -0.4 is 9.62 Å². The second kappa shape index (κ2) is 14.1. The normalized spacial score (nSPS) is 12.6. The summed E-state index contributed by atoms with van der Waals surface area (Å²) in [5.41, 5.74) is -0.756. The van der Waals surface area contributed by atoms with Crippen LogP contribution in [0.2, 0.25) is 5.02 Å². The molecule has 0 bridgehead atoms. The predicted octanol–water partition coefficient (Wildman–Crippen LogP) is 5.93. The lowest BCUT2D eigenvalue weighted by molar-refractivity contribution is -0.139. The SMILES string of the molecule is CC[C@@H](C(=O)NC(C)C)N(CCc1ccccc1)C(=O)CN(c1ccc(Cl)c(C(F)(F)F)c1)S(=O)(=O)c1ccccc1. The van der Waals surface area contributed by atoms with E-state index in [0.717, 1.165) is 17.7 Å². The maximum absolute atomic E-state index is 14.0. The molecule has 0 aliphatic rings. The minimum atomic E-state index is -4.87. The number of benzene rings is 3. The molecule has 12 heteroatoms. The highest BCUT2D eigenvalue weighted by molar-refractivity contribution is 7.92. The number of halogens is 4. The first kappa shape index (κ1) is 32.9. The molecule has 226 valence electrons. The lowest BCUT2D eigenvalue weighted by Crippen LogP contribution is -2.54. The number of rotatable bonds is 12. The highest BCUT2D eigenvalue weighted by atomic mass is 35.5. The molecule has 7 nitrogen and oxygen atoms in total. The molecule has 3 aromatic carbocycles. The number of nitrogens with zero attached hydrogens (tertiary/aromatic N) is 2. The van der Waals surface area contributed by atoms with E-state index >= 15 is 0 Å². The molecule has 0 heterocycles. The minimum Gasteiger partial charge on any atom is -0.352 e. The lowest BCUT2D eigenvalue weighted by Gasteiger charge is -2.33. The Morgan fingerprint density at radius 1 is 0.952 bits per heavy atom. The molecule has 3 rings (SSSR count). The first-order valence-corrected chi connectivity index (χ1v) is 15.2. The van der Waals surface area contributed by atoms with Crippen molar-refractivity contribution < 1.29 is 31.2 Å². The Labute approximate surface area is 249 Å². The van der Waals surface area contributed by atoms with Crippen molar-refractivity contribution in [2.24, 2.45) is 0 Å². The van der Waals surface area contributed by atoms with E-state index in [0.29, 0.717) is 16.8 Å². The summed E-state index contributed by atoms with van der Waals surface area (Å²) >= 11 is 5.80. The number of carbonyl (C=O) groups is 2. The van der Waals surface area contributed by atoms with Gasteiger partial charge < -0.3 is 10.2 Å². The van der Waals surface area contributed by atoms with Crippen molar-refractivity contribution >= 4 is 39.1 Å². The van der Waals surface area contributed by atoms with Crippen LogP contribution >= 0.6 is 11.6 Å². The fraction of sp³-hybridized carbons (Fsp3) is 0.333. The van der Waals surface area contributed by atoms with Gasteiger partial charge in [0.05, 0.1) is 21.2 Å². The molecule has 0 radical (unpaired) electrons. The Balaban J connectivity index is 2.09. The van der Waals surface area contributed by atoms with E-state index in [1.54, 1.807) is 26.8 Å². The Bertz CT molecular complexity index is 1470. The van der Waals surface area contributed by atoms with Gasteiger partial charge in [-0.15, -0.1) is 0 Å². The third kappa shape index (κ3) is 8.25. The standard InChI is InChI=1S/C30H33ClF3N3O4S/c1-4-27(29(39)35-21(2)3)36(18-17-22-11-7-5-8-12-22)28(38)20-37(42(40,41)24-13-9-6-10-14-24)23-15-16-26(31)25(19-23)30(32,33)34/h5-16,19,21,27H,4,17-18,20H2,1-3H3,(H,35,39)/t27-/m0/s1. The fourth-order valence-electron chi connectivity index (χ4n) is 4.41. The quantitative estimate of drug-likeness (QED) is 0.271. The molecule has 0 saturated carbocycles. The first-order chi connectivity index (χ1) is 19.8. The van der Waals surface area contributed by atoms with Gasteiger partial charge >= 0.3 is 6.18 Å². The summed E-state index contributed by atoms with van der Waals surface area (Å²) in [6.45, 7) is 4.49. The molecule has 1 N–H and O–H groups in total. The van der Waals surface area contributed by atoms with Crippen molar-refractivity contribution in [3.05, 3.63) is 95.0 Å². The second-order valence-electron chi connectivity index (χ2n) is 9.90. The van der Waals surface area contributed by atoms with Gasteiger partial charge in [-0.05, 0) is 62.6 Å². The van der Waals surface area contributed by atoms with Crippen LogP contribution in [0.15, 0.2) is 83.8 Å². The monoisotopic (exact) mass is 623 g/mol. The van der Waals surface area contributed by atoms with Crippen LogP contribution in [0.4, 0.5) is 18.9 Å². The second-order valence-corrected chi connectivity index (χ2v) is 12.2. The van der Waals surface area contributed by atoms with Gasteiger partial charge in [0, 0.05) is 12.6 Å². The molecule has 42 heavy (non-hydrogen) atoms. The van der Waals surface area contributed by atoms with Crippen molar-refractivity contribution in [3.8, 4) is 0 Å². The van der Waals surface area contributed by atoms with E-state index < -0.39 is 56.9 Å². The Morgan fingerprint density at radius 2 is 1.55 bits per heavy atom. The van der Waals surface area contributed by atoms with Gasteiger partial charge in [-0.2, -0.15) is 13.2 Å². The number of alkyl halides is 3. The molecule has 0 unspecified atom stereocenters. The molecule has 0 aliphatic heterocycles. The zero-order chi connectivity index (χ0) is 31.1. The number of anilines is 1. The van der Waals surface area contributed by atoms with Crippen molar-refractivity contribution in [1.82, 2.24) is 10.2 Å². The van der Waals surface area contributed by atoms with Crippen LogP contribution in [-0.2, 0) is 32.2 Å². The molecule has 0 saturated heterocycles. The molecule has 3 aromatic rings. The van der Waals surface area contributed by atoms with Gasteiger partial charge in [0.1, 0.15) is 12.6 Å². The summed E-state index contributed by atoms with van der Waals surface area (Å²) in [6.07, 6.45) is -4.28. The zero-order valence-corrected chi connectivity index (χ0v) is 25.0. The zero-order valence-electron chi connectivity index (χ0n) is 23.4. The molecule has 1 atom stereocenters. The molecule has 0 aromatic heterocycles. The number of amides is 2. The van der Waals surface area contributed by atoms with Crippen LogP contribution in [-0.4, -0.2) is 50.3 Å². The van der Waals surface area contributed by atoms with E-state index in [1.165, 1.54) is 29.2 Å². The average Bonchev–Trinajstić information content (AvgIpc) is 2.94. The third-order valence-electron chi connectivity index (χ3n) is 6.45. The topological polar surface area (TPSA) is 86.8 Å². The van der Waals surface area contributed by atoms with Crippen LogP contribution in [0.25, 0.3) is 0 Å². The van der Waals surface area contributed by atoms with E-state index in [2.05, 4.69) is 5.32 Å². The summed E-state index contributed by atoms with van der Waals surface area (Å²) in [6, 6.07) is 17.8. The lowest BCUT2D eigenvalue weighted by atomic mass is 10.1. The number of nitrogens with one attached hydrogen (secondary N) is 1. The van der Waals surface area contributed by atoms with E-state index in [4.69, 9.17) is 11.6 Å². The maximum atomic E-state index is 14.0. The molecule has 0 spiro atoms. The highest BCUT2D eigenvalue weighted by Gasteiger charge is 2.37. The Morgan fingerprint density at radius 3 is 2.10 bits per heavy atom. The summed E-state index contributed by atoms with van der Waals surface area (Å²) in [5, 5.41) is 2.18. The summed E-state index contributed by atoms with van der Waals surface area (Å²) in [7, 11) is -4.52. The maximum Gasteiger partial charge on any atom is 0.417 e. The van der Waals surface area contributed by atoms with E-state index in [1.807, 2.05) is 30.3 Å². The summed E-state index contributed by atoms with van der Waals surface area (Å²) < 4.78 is 69.4. The van der Waals surface area contributed by atoms with Gasteiger partial charge in [-0.25, -0.2) is 8.42 Å². The molecule has 0 aliphatic carbocycles. The van der Waals surface area contributed by atoms with Crippen LogP contribution in [0, 0.1) is 0 Å². The molecular formula is C30H33ClF3N3O4S. The Hall–Kier alpha value is -3.57. The molecule has 0 fully saturated rings. The van der Waals surface area contributed by atoms with Gasteiger partial charge in [-0.1, -0.05) is 67.1 Å². The number of sulfonamides is 1. The first-order valence-electron chi connectivity index (χ1n) is 13.3. The van der Waals surface area contributed by atoms with Crippen LogP contribution in [0.5, 0.6) is 0 Å². The number of hydrogen-bond donors (Lipinski definition) is 1. The fourth-order valence-corrected chi connectivity index (χ4v) is 6.06. The van der Waals surface area contributed by atoms with Gasteiger partial charge in [0.25, 0.3) is 10.0 Å². The summed E-state index contributed by atoms with van der Waals surface area (Å²) in [4.78, 5) is 28.2. The van der Waals surface area contributed by atoms with Crippen molar-refractivity contribution in [2.45, 2.75) is 56.8 Å². The minimum absolute atomic E-state index is 0.0700. The van der Waals surface area contributed by atoms with E-state index in [-0.39, 0.29) is 23.9 Å². The predicted molar refractivity (Wildman–Crippen MR) is 157 cm³/mol. The van der Waals surface area contributed by atoms with Crippen LogP contribution in [0.1, 0.15) is 38.3 Å². The average molecular weight is 624 g/mol. The number of carbonyl (C=O) groups excluding carboxylic acids is 2. The molecule has 2 amide bonds. The number of hydrogen-bond acceptors (Lipinski definition) is 4. The molecular weight excluding hydrogens is 591 g/mol. The van der Waals surface area contributed by atoms with E-state index in [9.17, 15) is 31.2 Å². The van der Waals surface area contributed by atoms with Gasteiger partial charge in [0.15, 0.2) is 0 Å². The van der Waals surface area contributed by atoms with Crippen molar-refractivity contribution in [2.75, 3.05) is 17.4 Å². The smallest absolute Gasteiger partial charge is 0.352 e.